The third-order valence-electron chi connectivity index (χ3n) is 3.19. The van der Waals surface area contributed by atoms with E-state index in [-0.39, 0.29) is 17.3 Å². The van der Waals surface area contributed by atoms with Crippen LogP contribution in [0.2, 0.25) is 0 Å². The van der Waals surface area contributed by atoms with Gasteiger partial charge in [0.25, 0.3) is 0 Å². The first-order valence-electron chi connectivity index (χ1n) is 7.04. The van der Waals surface area contributed by atoms with Crippen LogP contribution in [0.1, 0.15) is 5.56 Å². The maximum absolute atomic E-state index is 13.7. The molecule has 0 saturated heterocycles. The minimum absolute atomic E-state index is 0.0620. The van der Waals surface area contributed by atoms with Gasteiger partial charge in [0.15, 0.2) is 17.4 Å². The molecule has 2 aromatic carbocycles. The number of anilines is 2. The number of nitrogens with one attached hydrogen (secondary N) is 1. The summed E-state index contributed by atoms with van der Waals surface area (Å²) in [6.45, 7) is 0.557. The first kappa shape index (κ1) is 14.8. The van der Waals surface area contributed by atoms with Gasteiger partial charge in [-0.05, 0) is 17.7 Å². The number of ether oxygens (including phenoxy) is 1. The molecule has 0 saturated carbocycles. The molecule has 1 aromatic heterocycles. The number of nitrogens with two attached hydrogens (primary N) is 1. The van der Waals surface area contributed by atoms with E-state index in [2.05, 4.69) is 15.3 Å². The zero-order valence-electron chi connectivity index (χ0n) is 12.2. The molecule has 0 radical (unpaired) electrons. The SMILES string of the molecule is Nc1c(NCc2ccccc2)ncnc1Oc1ccccc1F. The van der Waals surface area contributed by atoms with E-state index >= 15 is 0 Å². The van der Waals surface area contributed by atoms with Gasteiger partial charge in [-0.25, -0.2) is 9.37 Å². The number of hydrogen-bond acceptors (Lipinski definition) is 5. The Kier molecular flexibility index (Phi) is 4.33. The molecule has 0 aliphatic heterocycles. The summed E-state index contributed by atoms with van der Waals surface area (Å²) in [6, 6.07) is 15.9. The standard InChI is InChI=1S/C17H15FN4O/c18-13-8-4-5-9-14(13)23-17-15(19)16(21-11-22-17)20-10-12-6-2-1-3-7-12/h1-9,11H,10,19H2,(H,20,21,22). The van der Waals surface area contributed by atoms with Crippen LogP contribution in [0, 0.1) is 5.82 Å². The summed E-state index contributed by atoms with van der Waals surface area (Å²) < 4.78 is 19.1. The molecule has 3 N–H and O–H groups in total. The fourth-order valence-electron chi connectivity index (χ4n) is 2.01. The van der Waals surface area contributed by atoms with E-state index < -0.39 is 5.82 Å². The van der Waals surface area contributed by atoms with Gasteiger partial charge in [-0.1, -0.05) is 42.5 Å². The first-order valence-corrected chi connectivity index (χ1v) is 7.04. The summed E-state index contributed by atoms with van der Waals surface area (Å²) in [5.41, 5.74) is 7.32. The summed E-state index contributed by atoms with van der Waals surface area (Å²) in [7, 11) is 0. The highest BCUT2D eigenvalue weighted by molar-refractivity contribution is 5.67. The monoisotopic (exact) mass is 310 g/mol. The summed E-state index contributed by atoms with van der Waals surface area (Å²) in [5, 5.41) is 3.12. The lowest BCUT2D eigenvalue weighted by Crippen LogP contribution is -2.06. The molecule has 0 aliphatic carbocycles. The van der Waals surface area contributed by atoms with Gasteiger partial charge in [0, 0.05) is 6.54 Å². The molecule has 0 bridgehead atoms. The molecule has 116 valence electrons. The molecule has 1 heterocycles. The number of halogens is 1. The van der Waals surface area contributed by atoms with Crippen LogP contribution in [0.4, 0.5) is 15.9 Å². The van der Waals surface area contributed by atoms with Gasteiger partial charge in [0.05, 0.1) is 0 Å². The molecule has 6 heteroatoms. The second kappa shape index (κ2) is 6.74. The van der Waals surface area contributed by atoms with Gasteiger partial charge < -0.3 is 15.8 Å². The Labute approximate surface area is 133 Å². The summed E-state index contributed by atoms with van der Waals surface area (Å²) in [6.07, 6.45) is 1.32. The number of rotatable bonds is 5. The zero-order chi connectivity index (χ0) is 16.1. The Morgan fingerprint density at radius 3 is 2.52 bits per heavy atom. The zero-order valence-corrected chi connectivity index (χ0v) is 12.2. The van der Waals surface area contributed by atoms with E-state index in [0.717, 1.165) is 5.56 Å². The van der Waals surface area contributed by atoms with E-state index in [1.54, 1.807) is 12.1 Å². The summed E-state index contributed by atoms with van der Waals surface area (Å²) >= 11 is 0. The van der Waals surface area contributed by atoms with Crippen molar-refractivity contribution in [3.05, 3.63) is 72.3 Å². The fraction of sp³-hybridized carbons (Fsp3) is 0.0588. The second-order valence-electron chi connectivity index (χ2n) is 4.81. The molecule has 0 amide bonds. The molecular weight excluding hydrogens is 295 g/mol. The average molecular weight is 310 g/mol. The van der Waals surface area contributed by atoms with E-state index in [4.69, 9.17) is 10.5 Å². The quantitative estimate of drug-likeness (QED) is 0.753. The lowest BCUT2D eigenvalue weighted by atomic mass is 10.2. The van der Waals surface area contributed by atoms with Crippen LogP contribution < -0.4 is 15.8 Å². The molecule has 5 nitrogen and oxygen atoms in total. The number of nitrogens with zero attached hydrogens (tertiary/aromatic N) is 2. The molecule has 23 heavy (non-hydrogen) atoms. The maximum atomic E-state index is 13.7. The first-order chi connectivity index (χ1) is 11.2. The Balaban J connectivity index is 1.77. The van der Waals surface area contributed by atoms with Crippen LogP contribution in [-0.4, -0.2) is 9.97 Å². The van der Waals surface area contributed by atoms with Crippen molar-refractivity contribution in [2.45, 2.75) is 6.54 Å². The highest BCUT2D eigenvalue weighted by atomic mass is 19.1. The fourth-order valence-corrected chi connectivity index (χ4v) is 2.01. The predicted octanol–water partition coefficient (Wildman–Crippen LogP) is 3.60. The van der Waals surface area contributed by atoms with Crippen molar-refractivity contribution in [2.75, 3.05) is 11.1 Å². The van der Waals surface area contributed by atoms with Gasteiger partial charge in [-0.2, -0.15) is 4.98 Å². The number of para-hydroxylation sites is 1. The largest absolute Gasteiger partial charge is 0.434 e. The maximum Gasteiger partial charge on any atom is 0.248 e. The van der Waals surface area contributed by atoms with Crippen LogP contribution in [0.5, 0.6) is 11.6 Å². The Morgan fingerprint density at radius 1 is 1.00 bits per heavy atom. The van der Waals surface area contributed by atoms with E-state index in [9.17, 15) is 4.39 Å². The molecule has 3 rings (SSSR count). The molecular formula is C17H15FN4O. The van der Waals surface area contributed by atoms with Crippen molar-refractivity contribution in [3.63, 3.8) is 0 Å². The number of aromatic nitrogens is 2. The average Bonchev–Trinajstić information content (AvgIpc) is 2.58. The number of benzene rings is 2. The highest BCUT2D eigenvalue weighted by Gasteiger charge is 2.12. The van der Waals surface area contributed by atoms with Crippen molar-refractivity contribution < 1.29 is 9.13 Å². The molecule has 0 spiro atoms. The normalized spacial score (nSPS) is 10.3. The minimum atomic E-state index is -0.482. The third kappa shape index (κ3) is 3.55. The molecule has 0 fully saturated rings. The molecule has 3 aromatic rings. The van der Waals surface area contributed by atoms with Crippen molar-refractivity contribution >= 4 is 11.5 Å². The van der Waals surface area contributed by atoms with Crippen molar-refractivity contribution in [1.82, 2.24) is 9.97 Å². The smallest absolute Gasteiger partial charge is 0.248 e. The van der Waals surface area contributed by atoms with Crippen LogP contribution in [0.3, 0.4) is 0 Å². The van der Waals surface area contributed by atoms with Gasteiger partial charge in [0.2, 0.25) is 5.88 Å². The van der Waals surface area contributed by atoms with E-state index in [1.165, 1.54) is 18.5 Å². The van der Waals surface area contributed by atoms with Crippen molar-refractivity contribution in [2.24, 2.45) is 0 Å². The van der Waals surface area contributed by atoms with E-state index in [0.29, 0.717) is 12.4 Å². The number of hydrogen-bond donors (Lipinski definition) is 2. The highest BCUT2D eigenvalue weighted by Crippen LogP contribution is 2.30. The van der Waals surface area contributed by atoms with E-state index in [1.807, 2.05) is 30.3 Å². The molecule has 0 atom stereocenters. The van der Waals surface area contributed by atoms with Crippen LogP contribution in [0.25, 0.3) is 0 Å². The molecule has 0 aliphatic rings. The Morgan fingerprint density at radius 2 is 1.74 bits per heavy atom. The van der Waals surface area contributed by atoms with Gasteiger partial charge >= 0.3 is 0 Å². The van der Waals surface area contributed by atoms with Gasteiger partial charge in [-0.3, -0.25) is 0 Å². The lowest BCUT2D eigenvalue weighted by molar-refractivity contribution is 0.429. The van der Waals surface area contributed by atoms with Crippen LogP contribution in [0.15, 0.2) is 60.9 Å². The Hall–Kier alpha value is -3.15. The van der Waals surface area contributed by atoms with Crippen molar-refractivity contribution in [3.8, 4) is 11.6 Å². The topological polar surface area (TPSA) is 73.1 Å². The lowest BCUT2D eigenvalue weighted by Gasteiger charge is -2.12. The van der Waals surface area contributed by atoms with Crippen LogP contribution in [-0.2, 0) is 6.54 Å². The Bertz CT molecular complexity index is 796. The summed E-state index contributed by atoms with van der Waals surface area (Å²) in [4.78, 5) is 8.06. The predicted molar refractivity (Wildman–Crippen MR) is 86.7 cm³/mol. The van der Waals surface area contributed by atoms with Crippen LogP contribution >= 0.6 is 0 Å². The van der Waals surface area contributed by atoms with Crippen molar-refractivity contribution in [1.29, 1.82) is 0 Å². The number of nitrogen functional groups attached to an aromatic ring is 1. The summed E-state index contributed by atoms with van der Waals surface area (Å²) in [5.74, 6) is 0.132. The third-order valence-corrected chi connectivity index (χ3v) is 3.19. The van der Waals surface area contributed by atoms with Gasteiger partial charge in [-0.15, -0.1) is 0 Å². The second-order valence-corrected chi connectivity index (χ2v) is 4.81. The molecule has 0 unspecified atom stereocenters. The van der Waals surface area contributed by atoms with Gasteiger partial charge in [0.1, 0.15) is 12.0 Å². The minimum Gasteiger partial charge on any atom is -0.434 e.